The number of carbonyl (C=O) groups excluding carboxylic acids is 1. The van der Waals surface area contributed by atoms with Crippen LogP contribution in [0.15, 0.2) is 23.5 Å². The molecule has 1 aromatic rings. The molecule has 0 atom stereocenters. The highest BCUT2D eigenvalue weighted by Crippen LogP contribution is 2.06. The van der Waals surface area contributed by atoms with E-state index in [2.05, 4.69) is 10.1 Å². The zero-order valence-corrected chi connectivity index (χ0v) is 8.54. The second kappa shape index (κ2) is 5.09. The Morgan fingerprint density at radius 3 is 3.00 bits per heavy atom. The van der Waals surface area contributed by atoms with E-state index in [9.17, 15) is 4.79 Å². The van der Waals surface area contributed by atoms with E-state index >= 15 is 0 Å². The molecule has 0 aromatic carbocycles. The van der Waals surface area contributed by atoms with Gasteiger partial charge in [-0.15, -0.1) is 0 Å². The number of hydrogen-bond donors (Lipinski definition) is 1. The fourth-order valence-corrected chi connectivity index (χ4v) is 1.03. The van der Waals surface area contributed by atoms with Gasteiger partial charge in [0.05, 0.1) is 23.6 Å². The molecule has 1 aromatic heterocycles. The van der Waals surface area contributed by atoms with Crippen LogP contribution in [0.2, 0.25) is 0 Å². The fraction of sp³-hybridized carbons (Fsp3) is 0.300. The highest BCUT2D eigenvalue weighted by molar-refractivity contribution is 5.98. The largest absolute Gasteiger partial charge is 0.459 e. The minimum Gasteiger partial charge on any atom is -0.459 e. The molecule has 0 unspecified atom stereocenters. The van der Waals surface area contributed by atoms with Crippen molar-refractivity contribution < 1.29 is 14.7 Å². The van der Waals surface area contributed by atoms with Crippen LogP contribution in [-0.2, 0) is 4.74 Å². The van der Waals surface area contributed by atoms with Gasteiger partial charge in [0.15, 0.2) is 0 Å². The van der Waals surface area contributed by atoms with Crippen molar-refractivity contribution in [3.8, 4) is 0 Å². The Morgan fingerprint density at radius 1 is 1.67 bits per heavy atom. The van der Waals surface area contributed by atoms with Crippen LogP contribution in [0.1, 0.15) is 29.9 Å². The van der Waals surface area contributed by atoms with Gasteiger partial charge in [0, 0.05) is 6.20 Å². The average molecular weight is 208 g/mol. The van der Waals surface area contributed by atoms with E-state index < -0.39 is 5.97 Å². The van der Waals surface area contributed by atoms with Crippen molar-refractivity contribution in [3.63, 3.8) is 0 Å². The number of carbonyl (C=O) groups is 1. The quantitative estimate of drug-likeness (QED) is 0.353. The van der Waals surface area contributed by atoms with Crippen LogP contribution in [0.4, 0.5) is 0 Å². The summed E-state index contributed by atoms with van der Waals surface area (Å²) in [6.07, 6.45) is 2.40. The summed E-state index contributed by atoms with van der Waals surface area (Å²) in [6, 6.07) is 3.18. The van der Waals surface area contributed by atoms with Gasteiger partial charge in [-0.25, -0.2) is 4.79 Å². The molecule has 0 fully saturated rings. The summed E-state index contributed by atoms with van der Waals surface area (Å²) in [5, 5.41) is 11.2. The topological polar surface area (TPSA) is 71.8 Å². The van der Waals surface area contributed by atoms with E-state index in [1.54, 1.807) is 26.0 Å². The van der Waals surface area contributed by atoms with E-state index in [-0.39, 0.29) is 17.4 Å². The molecule has 1 rings (SSSR count). The zero-order valence-electron chi connectivity index (χ0n) is 8.54. The molecular weight excluding hydrogens is 196 g/mol. The van der Waals surface area contributed by atoms with Gasteiger partial charge in [0.1, 0.15) is 0 Å². The molecule has 80 valence electrons. The Labute approximate surface area is 87.4 Å². The van der Waals surface area contributed by atoms with Gasteiger partial charge < -0.3 is 9.94 Å². The molecule has 0 aliphatic heterocycles. The summed E-state index contributed by atoms with van der Waals surface area (Å²) in [5.41, 5.74) is 0.564. The lowest BCUT2D eigenvalue weighted by molar-refractivity contribution is 0.0377. The van der Waals surface area contributed by atoms with Gasteiger partial charge in [-0.2, -0.15) is 0 Å². The maximum Gasteiger partial charge on any atom is 0.340 e. The Hall–Kier alpha value is -1.91. The summed E-state index contributed by atoms with van der Waals surface area (Å²) in [5.74, 6) is -0.479. The standard InChI is InChI=1S/C10H12N2O3/c1-7(2)15-10(13)8-4-3-5-11-9(8)6-12-14/h3-7,14H,1-2H3/b12-6+. The number of hydrogen-bond acceptors (Lipinski definition) is 5. The molecular formula is C10H12N2O3. The van der Waals surface area contributed by atoms with Crippen molar-refractivity contribution in [2.24, 2.45) is 5.16 Å². The smallest absolute Gasteiger partial charge is 0.340 e. The molecule has 0 aliphatic rings. The van der Waals surface area contributed by atoms with Crippen LogP contribution in [0, 0.1) is 0 Å². The Morgan fingerprint density at radius 2 is 2.40 bits per heavy atom. The van der Waals surface area contributed by atoms with Gasteiger partial charge in [-0.05, 0) is 26.0 Å². The Kier molecular flexibility index (Phi) is 3.79. The molecule has 0 bridgehead atoms. The van der Waals surface area contributed by atoms with Crippen LogP contribution in [-0.4, -0.2) is 28.5 Å². The van der Waals surface area contributed by atoms with Crippen LogP contribution in [0.3, 0.4) is 0 Å². The van der Waals surface area contributed by atoms with Crippen molar-refractivity contribution >= 4 is 12.2 Å². The van der Waals surface area contributed by atoms with E-state index in [0.29, 0.717) is 0 Å². The first-order valence-corrected chi connectivity index (χ1v) is 4.48. The highest BCUT2D eigenvalue weighted by atomic mass is 16.5. The molecule has 15 heavy (non-hydrogen) atoms. The number of rotatable bonds is 3. The molecule has 0 saturated carbocycles. The fourth-order valence-electron chi connectivity index (χ4n) is 1.03. The predicted molar refractivity (Wildman–Crippen MR) is 54.2 cm³/mol. The molecule has 5 nitrogen and oxygen atoms in total. The number of esters is 1. The lowest BCUT2D eigenvalue weighted by Crippen LogP contribution is -2.14. The van der Waals surface area contributed by atoms with Crippen molar-refractivity contribution in [2.45, 2.75) is 20.0 Å². The third-order valence-corrected chi connectivity index (χ3v) is 1.58. The molecule has 0 spiro atoms. The molecule has 5 heteroatoms. The first kappa shape index (κ1) is 11.2. The summed E-state index contributed by atoms with van der Waals surface area (Å²) >= 11 is 0. The third kappa shape index (κ3) is 3.05. The summed E-state index contributed by atoms with van der Waals surface area (Å²) in [7, 11) is 0. The third-order valence-electron chi connectivity index (χ3n) is 1.58. The molecule has 1 heterocycles. The zero-order chi connectivity index (χ0) is 11.3. The summed E-state index contributed by atoms with van der Waals surface area (Å²) in [6.45, 7) is 3.52. The van der Waals surface area contributed by atoms with Gasteiger partial charge >= 0.3 is 5.97 Å². The maximum absolute atomic E-state index is 11.5. The van der Waals surface area contributed by atoms with Crippen LogP contribution < -0.4 is 0 Å². The summed E-state index contributed by atoms with van der Waals surface area (Å²) in [4.78, 5) is 15.4. The summed E-state index contributed by atoms with van der Waals surface area (Å²) < 4.78 is 5.00. The van der Waals surface area contributed by atoms with Gasteiger partial charge in [-0.1, -0.05) is 5.16 Å². The molecule has 0 saturated heterocycles. The van der Waals surface area contributed by atoms with Gasteiger partial charge in [0.2, 0.25) is 0 Å². The van der Waals surface area contributed by atoms with Crippen LogP contribution in [0.5, 0.6) is 0 Å². The van der Waals surface area contributed by atoms with Crippen LogP contribution in [0.25, 0.3) is 0 Å². The first-order chi connectivity index (χ1) is 7.15. The van der Waals surface area contributed by atoms with Crippen molar-refractivity contribution in [3.05, 3.63) is 29.6 Å². The molecule has 0 aliphatic carbocycles. The Balaban J connectivity index is 2.97. The number of nitrogens with zero attached hydrogens (tertiary/aromatic N) is 2. The average Bonchev–Trinajstić information content (AvgIpc) is 2.18. The molecule has 0 amide bonds. The SMILES string of the molecule is CC(C)OC(=O)c1cccnc1/C=N/O. The minimum absolute atomic E-state index is 0.198. The highest BCUT2D eigenvalue weighted by Gasteiger charge is 2.13. The lowest BCUT2D eigenvalue weighted by atomic mass is 10.2. The second-order valence-electron chi connectivity index (χ2n) is 3.13. The molecule has 0 radical (unpaired) electrons. The first-order valence-electron chi connectivity index (χ1n) is 4.48. The number of aromatic nitrogens is 1. The van der Waals surface area contributed by atoms with E-state index in [4.69, 9.17) is 9.94 Å². The van der Waals surface area contributed by atoms with Crippen LogP contribution >= 0.6 is 0 Å². The van der Waals surface area contributed by atoms with E-state index in [1.807, 2.05) is 0 Å². The minimum atomic E-state index is -0.479. The lowest BCUT2D eigenvalue weighted by Gasteiger charge is -2.08. The predicted octanol–water partition coefficient (Wildman–Crippen LogP) is 1.45. The second-order valence-corrected chi connectivity index (χ2v) is 3.13. The normalized spacial score (nSPS) is 10.9. The van der Waals surface area contributed by atoms with Crippen molar-refractivity contribution in [1.29, 1.82) is 0 Å². The monoisotopic (exact) mass is 208 g/mol. The molecule has 1 N–H and O–H groups in total. The number of oxime groups is 1. The number of pyridine rings is 1. The maximum atomic E-state index is 11.5. The van der Waals surface area contributed by atoms with Gasteiger partial charge in [-0.3, -0.25) is 4.98 Å². The Bertz CT molecular complexity index is 375. The van der Waals surface area contributed by atoms with Crippen molar-refractivity contribution in [1.82, 2.24) is 4.98 Å². The van der Waals surface area contributed by atoms with E-state index in [1.165, 1.54) is 6.20 Å². The number of ether oxygens (including phenoxy) is 1. The van der Waals surface area contributed by atoms with E-state index in [0.717, 1.165) is 6.21 Å². The van der Waals surface area contributed by atoms with Gasteiger partial charge in [0.25, 0.3) is 0 Å². The van der Waals surface area contributed by atoms with Crippen molar-refractivity contribution in [2.75, 3.05) is 0 Å².